The smallest absolute Gasteiger partial charge is 0.378 e. The minimum atomic E-state index is -6.29. The van der Waals surface area contributed by atoms with Crippen molar-refractivity contribution in [2.45, 2.75) is 17.5 Å². The van der Waals surface area contributed by atoms with E-state index in [-0.39, 0.29) is 0 Å². The number of aliphatic hydroxyl groups is 1. The molecule has 13 heavy (non-hydrogen) atoms. The topological polar surface area (TPSA) is 74.6 Å². The molecule has 10 heteroatoms. The molecule has 4 nitrogen and oxygen atoms in total. The van der Waals surface area contributed by atoms with E-state index in [1.807, 2.05) is 0 Å². The van der Waals surface area contributed by atoms with Gasteiger partial charge in [0.2, 0.25) is 6.10 Å². The molecule has 0 aliphatic rings. The maximum absolute atomic E-state index is 12.0. The lowest BCUT2D eigenvalue weighted by molar-refractivity contribution is -0.248. The van der Waals surface area contributed by atoms with Gasteiger partial charge < -0.3 is 5.11 Å². The maximum atomic E-state index is 12.0. The van der Waals surface area contributed by atoms with Crippen molar-refractivity contribution in [1.82, 2.24) is 0 Å². The van der Waals surface area contributed by atoms with Crippen molar-refractivity contribution in [3.8, 4) is 0 Å². The largest absolute Gasteiger partial charge is 0.421 e. The van der Waals surface area contributed by atoms with Crippen molar-refractivity contribution in [2.24, 2.45) is 0 Å². The van der Waals surface area contributed by atoms with Crippen LogP contribution in [0.5, 0.6) is 0 Å². The zero-order valence-corrected chi connectivity index (χ0v) is 6.40. The molecule has 0 saturated heterocycles. The average Bonchev–Trinajstić information content (AvgIpc) is 1.81. The Morgan fingerprint density at radius 3 is 1.46 bits per heavy atom. The molecule has 0 rings (SSSR count). The summed E-state index contributed by atoms with van der Waals surface area (Å²) in [5, 5.41) is 2.17. The molecular weight excluding hydrogens is 227 g/mol. The van der Waals surface area contributed by atoms with Crippen LogP contribution in [0.15, 0.2) is 0 Å². The second kappa shape index (κ2) is 3.03. The zero-order chi connectivity index (χ0) is 11.1. The van der Waals surface area contributed by atoms with Crippen LogP contribution in [0.1, 0.15) is 0 Å². The van der Waals surface area contributed by atoms with Gasteiger partial charge in [0.1, 0.15) is 0 Å². The Labute approximate surface area is 68.7 Å². The Morgan fingerprint density at radius 1 is 1.08 bits per heavy atom. The SMILES string of the molecule is O=S(=O)(O)C(F)(F)C(O)C(F)(F)F. The summed E-state index contributed by atoms with van der Waals surface area (Å²) in [7, 11) is -6.29. The Kier molecular flexibility index (Phi) is 2.92. The van der Waals surface area contributed by atoms with Crippen LogP contribution in [0.25, 0.3) is 0 Å². The molecule has 0 aromatic carbocycles. The van der Waals surface area contributed by atoms with Gasteiger partial charge in [0.25, 0.3) is 0 Å². The van der Waals surface area contributed by atoms with E-state index in [4.69, 9.17) is 9.66 Å². The van der Waals surface area contributed by atoms with Crippen LogP contribution >= 0.6 is 0 Å². The van der Waals surface area contributed by atoms with E-state index < -0.39 is 27.7 Å². The van der Waals surface area contributed by atoms with Gasteiger partial charge in [-0.05, 0) is 0 Å². The fraction of sp³-hybridized carbons (Fsp3) is 1.00. The van der Waals surface area contributed by atoms with E-state index in [9.17, 15) is 30.4 Å². The summed E-state index contributed by atoms with van der Waals surface area (Å²) in [6.07, 6.45) is -10.3. The van der Waals surface area contributed by atoms with Gasteiger partial charge in [0, 0.05) is 0 Å². The fourth-order valence-corrected chi connectivity index (χ4v) is 0.747. The fourth-order valence-electron chi connectivity index (χ4n) is 0.332. The summed E-state index contributed by atoms with van der Waals surface area (Å²) in [6.45, 7) is 0. The monoisotopic (exact) mass is 230 g/mol. The molecule has 0 aliphatic carbocycles. The average molecular weight is 230 g/mol. The van der Waals surface area contributed by atoms with Gasteiger partial charge >= 0.3 is 21.5 Å². The highest BCUT2D eigenvalue weighted by Gasteiger charge is 2.62. The van der Waals surface area contributed by atoms with E-state index in [0.29, 0.717) is 0 Å². The molecule has 0 saturated carbocycles. The molecule has 0 aromatic rings. The number of aliphatic hydroxyl groups excluding tert-OH is 1. The normalized spacial score (nSPS) is 17.2. The van der Waals surface area contributed by atoms with E-state index in [1.54, 1.807) is 0 Å². The number of hydrogen-bond acceptors (Lipinski definition) is 3. The predicted octanol–water partition coefficient (Wildman–Crippen LogP) is 0.390. The molecule has 0 aliphatic heterocycles. The maximum Gasteiger partial charge on any atom is 0.421 e. The quantitative estimate of drug-likeness (QED) is 0.531. The van der Waals surface area contributed by atoms with Crippen LogP contribution in [0.2, 0.25) is 0 Å². The first-order valence-corrected chi connectivity index (χ1v) is 3.94. The van der Waals surface area contributed by atoms with Gasteiger partial charge in [0.15, 0.2) is 0 Å². The molecule has 0 spiro atoms. The second-order valence-corrected chi connectivity index (χ2v) is 3.48. The minimum absolute atomic E-state index is 4.45. The Hall–Kier alpha value is -0.480. The zero-order valence-electron chi connectivity index (χ0n) is 5.59. The highest BCUT2D eigenvalue weighted by Crippen LogP contribution is 2.35. The van der Waals surface area contributed by atoms with Gasteiger partial charge in [-0.25, -0.2) is 0 Å². The highest BCUT2D eigenvalue weighted by molar-refractivity contribution is 7.86. The lowest BCUT2D eigenvalue weighted by Crippen LogP contribution is -2.49. The van der Waals surface area contributed by atoms with Crippen LogP contribution < -0.4 is 0 Å². The van der Waals surface area contributed by atoms with Gasteiger partial charge in [-0.2, -0.15) is 30.4 Å². The van der Waals surface area contributed by atoms with Crippen molar-refractivity contribution in [2.75, 3.05) is 0 Å². The third-order valence-electron chi connectivity index (χ3n) is 0.972. The van der Waals surface area contributed by atoms with Crippen LogP contribution in [-0.4, -0.2) is 35.6 Å². The summed E-state index contributed by atoms with van der Waals surface area (Å²) < 4.78 is 85.1. The third kappa shape index (κ3) is 2.48. The number of halogens is 5. The number of hydrogen-bond donors (Lipinski definition) is 2. The Balaban J connectivity index is 5.09. The molecule has 2 N–H and O–H groups in total. The number of alkyl halides is 5. The van der Waals surface area contributed by atoms with Gasteiger partial charge in [-0.15, -0.1) is 0 Å². The number of rotatable bonds is 2. The van der Waals surface area contributed by atoms with E-state index in [1.165, 1.54) is 0 Å². The molecule has 1 unspecified atom stereocenters. The summed E-state index contributed by atoms with van der Waals surface area (Å²) in [4.78, 5) is 0. The lowest BCUT2D eigenvalue weighted by atomic mass is 10.4. The van der Waals surface area contributed by atoms with Crippen molar-refractivity contribution < 1.29 is 40.0 Å². The standard InChI is InChI=1S/C3H3F5O4S/c4-2(5,6)1(9)3(7,8)13(10,11)12/h1,9H,(H,10,11,12). The first-order valence-electron chi connectivity index (χ1n) is 2.50. The lowest BCUT2D eigenvalue weighted by Gasteiger charge is -2.21. The van der Waals surface area contributed by atoms with Crippen molar-refractivity contribution in [3.05, 3.63) is 0 Å². The van der Waals surface area contributed by atoms with Crippen LogP contribution in [0.4, 0.5) is 22.0 Å². The van der Waals surface area contributed by atoms with Gasteiger partial charge in [-0.1, -0.05) is 0 Å². The molecule has 0 aromatic heterocycles. The van der Waals surface area contributed by atoms with E-state index >= 15 is 0 Å². The highest BCUT2D eigenvalue weighted by atomic mass is 32.2. The minimum Gasteiger partial charge on any atom is -0.378 e. The Bertz CT molecular complexity index is 279. The Morgan fingerprint density at radius 2 is 1.38 bits per heavy atom. The predicted molar refractivity (Wildman–Crippen MR) is 28.6 cm³/mol. The molecule has 0 radical (unpaired) electrons. The molecule has 0 amide bonds. The van der Waals surface area contributed by atoms with E-state index in [2.05, 4.69) is 0 Å². The third-order valence-corrected chi connectivity index (χ3v) is 1.88. The summed E-state index contributed by atoms with van der Waals surface area (Å²) in [6, 6.07) is 0. The van der Waals surface area contributed by atoms with Crippen LogP contribution in [-0.2, 0) is 10.1 Å². The van der Waals surface area contributed by atoms with Crippen LogP contribution in [0.3, 0.4) is 0 Å². The molecule has 1 atom stereocenters. The van der Waals surface area contributed by atoms with Gasteiger partial charge in [-0.3, -0.25) is 4.55 Å². The van der Waals surface area contributed by atoms with Crippen molar-refractivity contribution >= 4 is 10.1 Å². The summed E-state index contributed by atoms with van der Waals surface area (Å²) in [5.41, 5.74) is 0. The van der Waals surface area contributed by atoms with Crippen molar-refractivity contribution in [1.29, 1.82) is 0 Å². The first-order chi connectivity index (χ1) is 5.40. The van der Waals surface area contributed by atoms with Crippen LogP contribution in [0, 0.1) is 0 Å². The molecule has 0 heterocycles. The summed E-state index contributed by atoms with van der Waals surface area (Å²) in [5.74, 6) is 0. The molecular formula is C3H3F5O4S. The molecule has 0 bridgehead atoms. The van der Waals surface area contributed by atoms with Gasteiger partial charge in [0.05, 0.1) is 0 Å². The molecule has 80 valence electrons. The van der Waals surface area contributed by atoms with E-state index in [0.717, 1.165) is 0 Å². The van der Waals surface area contributed by atoms with Crippen molar-refractivity contribution in [3.63, 3.8) is 0 Å². The molecule has 0 fully saturated rings. The summed E-state index contributed by atoms with van der Waals surface area (Å²) >= 11 is 0. The first kappa shape index (κ1) is 12.5. The second-order valence-electron chi connectivity index (χ2n) is 1.98.